The third-order valence-electron chi connectivity index (χ3n) is 2.36. The number of benzene rings is 1. The first kappa shape index (κ1) is 7.33. The van der Waals surface area contributed by atoms with Crippen molar-refractivity contribution in [2.75, 3.05) is 7.05 Å². The van der Waals surface area contributed by atoms with Crippen LogP contribution in [0.3, 0.4) is 0 Å². The third kappa shape index (κ3) is 0.992. The summed E-state index contributed by atoms with van der Waals surface area (Å²) in [6.07, 6.45) is 0. The second kappa shape index (κ2) is 2.62. The van der Waals surface area contributed by atoms with Gasteiger partial charge in [0.15, 0.2) is 0 Å². The van der Waals surface area contributed by atoms with Gasteiger partial charge in [-0.1, -0.05) is 30.3 Å². The quantitative estimate of drug-likeness (QED) is 0.580. The molecule has 1 aromatic carbocycles. The van der Waals surface area contributed by atoms with E-state index >= 15 is 0 Å². The van der Waals surface area contributed by atoms with Gasteiger partial charge in [0.1, 0.15) is 6.04 Å². The van der Waals surface area contributed by atoms with Crippen LogP contribution in [-0.4, -0.2) is 18.0 Å². The van der Waals surface area contributed by atoms with Crippen LogP contribution in [-0.2, 0) is 0 Å². The molecule has 0 amide bonds. The molecule has 1 heterocycles. The van der Waals surface area contributed by atoms with E-state index in [-0.39, 0.29) is 6.04 Å². The molecule has 0 aromatic heterocycles. The predicted octanol–water partition coefficient (Wildman–Crippen LogP) is 1.57. The van der Waals surface area contributed by atoms with Gasteiger partial charge in [0, 0.05) is 0 Å². The Kier molecular flexibility index (Phi) is 1.60. The fourth-order valence-electron chi connectivity index (χ4n) is 1.57. The van der Waals surface area contributed by atoms with E-state index in [1.165, 1.54) is 5.56 Å². The molecule has 2 rings (SSSR count). The van der Waals surface area contributed by atoms with Gasteiger partial charge in [-0.3, -0.25) is 4.90 Å². The van der Waals surface area contributed by atoms with E-state index in [9.17, 15) is 0 Å². The van der Waals surface area contributed by atoms with Crippen molar-refractivity contribution in [1.82, 2.24) is 4.90 Å². The van der Waals surface area contributed by atoms with Gasteiger partial charge in [-0.25, -0.2) is 0 Å². The average molecular weight is 158 g/mol. The summed E-state index contributed by atoms with van der Waals surface area (Å²) in [5.74, 6) is 0. The molecule has 1 fully saturated rings. The summed E-state index contributed by atoms with van der Waals surface area (Å²) < 4.78 is 0. The van der Waals surface area contributed by atoms with E-state index in [1.54, 1.807) is 0 Å². The fraction of sp³-hybridized carbons (Fsp3) is 0.300. The zero-order chi connectivity index (χ0) is 8.55. The number of nitriles is 1. The molecule has 1 unspecified atom stereocenters. The molecule has 1 aliphatic heterocycles. The van der Waals surface area contributed by atoms with Gasteiger partial charge in [-0.05, 0) is 12.6 Å². The highest BCUT2D eigenvalue weighted by Crippen LogP contribution is 2.40. The fourth-order valence-corrected chi connectivity index (χ4v) is 1.57. The van der Waals surface area contributed by atoms with Crippen LogP contribution >= 0.6 is 0 Å². The molecule has 0 radical (unpaired) electrons. The molecule has 0 aliphatic carbocycles. The minimum atomic E-state index is 0.0902. The van der Waals surface area contributed by atoms with Crippen LogP contribution in [0.1, 0.15) is 11.6 Å². The minimum absolute atomic E-state index is 0.0902. The summed E-state index contributed by atoms with van der Waals surface area (Å²) in [6.45, 7) is 0. The van der Waals surface area contributed by atoms with E-state index in [2.05, 4.69) is 23.1 Å². The van der Waals surface area contributed by atoms with Crippen molar-refractivity contribution >= 4 is 0 Å². The Balaban J connectivity index is 2.21. The number of rotatable bonds is 1. The lowest BCUT2D eigenvalue weighted by Crippen LogP contribution is -1.87. The van der Waals surface area contributed by atoms with Gasteiger partial charge < -0.3 is 0 Å². The molecule has 1 aliphatic rings. The summed E-state index contributed by atoms with van der Waals surface area (Å²) in [6, 6.07) is 12.8. The predicted molar refractivity (Wildman–Crippen MR) is 46.3 cm³/mol. The summed E-state index contributed by atoms with van der Waals surface area (Å²) in [4.78, 5) is 2.06. The first-order valence-corrected chi connectivity index (χ1v) is 4.01. The maximum absolute atomic E-state index is 8.72. The largest absolute Gasteiger partial charge is 0.280 e. The minimum Gasteiger partial charge on any atom is -0.280 e. The molecular formula is C10H10N2. The van der Waals surface area contributed by atoms with Gasteiger partial charge in [0.2, 0.25) is 0 Å². The molecule has 1 saturated heterocycles. The van der Waals surface area contributed by atoms with Crippen LogP contribution in [0.25, 0.3) is 0 Å². The Bertz CT molecular complexity index is 312. The monoisotopic (exact) mass is 158 g/mol. The second-order valence-corrected chi connectivity index (χ2v) is 3.09. The Labute approximate surface area is 72.0 Å². The van der Waals surface area contributed by atoms with Crippen LogP contribution in [0.5, 0.6) is 0 Å². The van der Waals surface area contributed by atoms with E-state index in [1.807, 2.05) is 25.2 Å². The number of nitrogens with zero attached hydrogens (tertiary/aromatic N) is 2. The SMILES string of the molecule is CN1[C@H](C#N)[C@H]1c1ccccc1. The van der Waals surface area contributed by atoms with Gasteiger partial charge in [0.05, 0.1) is 12.1 Å². The van der Waals surface area contributed by atoms with Crippen LogP contribution < -0.4 is 0 Å². The zero-order valence-corrected chi connectivity index (χ0v) is 6.94. The highest BCUT2D eigenvalue weighted by atomic mass is 15.3. The Morgan fingerprint density at radius 3 is 2.50 bits per heavy atom. The average Bonchev–Trinajstić information content (AvgIpc) is 2.78. The normalized spacial score (nSPS) is 32.5. The molecule has 3 atom stereocenters. The first-order chi connectivity index (χ1) is 5.84. The lowest BCUT2D eigenvalue weighted by Gasteiger charge is -1.94. The second-order valence-electron chi connectivity index (χ2n) is 3.09. The summed E-state index contributed by atoms with van der Waals surface area (Å²) >= 11 is 0. The Morgan fingerprint density at radius 2 is 2.00 bits per heavy atom. The summed E-state index contributed by atoms with van der Waals surface area (Å²) in [7, 11) is 1.98. The molecular weight excluding hydrogens is 148 g/mol. The summed E-state index contributed by atoms with van der Waals surface area (Å²) in [5, 5.41) is 8.72. The van der Waals surface area contributed by atoms with Crippen molar-refractivity contribution in [1.29, 1.82) is 5.26 Å². The van der Waals surface area contributed by atoms with Crippen molar-refractivity contribution in [3.63, 3.8) is 0 Å². The van der Waals surface area contributed by atoms with Crippen molar-refractivity contribution in [3.05, 3.63) is 35.9 Å². The molecule has 1 aromatic rings. The molecule has 0 spiro atoms. The van der Waals surface area contributed by atoms with Crippen LogP contribution in [0.15, 0.2) is 30.3 Å². The van der Waals surface area contributed by atoms with Gasteiger partial charge in [0.25, 0.3) is 0 Å². The van der Waals surface area contributed by atoms with E-state index in [4.69, 9.17) is 5.26 Å². The van der Waals surface area contributed by atoms with Crippen LogP contribution in [0, 0.1) is 11.3 Å². The molecule has 12 heavy (non-hydrogen) atoms. The number of hydrogen-bond donors (Lipinski definition) is 0. The molecule has 60 valence electrons. The number of likely N-dealkylation sites (N-methyl/N-ethyl adjacent to an activating group) is 1. The van der Waals surface area contributed by atoms with Crippen LogP contribution in [0.2, 0.25) is 0 Å². The van der Waals surface area contributed by atoms with E-state index < -0.39 is 0 Å². The summed E-state index contributed by atoms with van der Waals surface area (Å²) in [5.41, 5.74) is 1.24. The molecule has 0 saturated carbocycles. The van der Waals surface area contributed by atoms with Gasteiger partial charge >= 0.3 is 0 Å². The molecule has 0 N–H and O–H groups in total. The zero-order valence-electron chi connectivity index (χ0n) is 6.94. The number of hydrogen-bond acceptors (Lipinski definition) is 2. The van der Waals surface area contributed by atoms with Crippen molar-refractivity contribution < 1.29 is 0 Å². The Morgan fingerprint density at radius 1 is 1.33 bits per heavy atom. The van der Waals surface area contributed by atoms with Crippen LogP contribution in [0.4, 0.5) is 0 Å². The maximum atomic E-state index is 8.72. The third-order valence-corrected chi connectivity index (χ3v) is 2.36. The first-order valence-electron chi connectivity index (χ1n) is 4.01. The van der Waals surface area contributed by atoms with Crippen molar-refractivity contribution in [3.8, 4) is 6.07 Å². The van der Waals surface area contributed by atoms with E-state index in [0.717, 1.165) is 0 Å². The lowest BCUT2D eigenvalue weighted by molar-refractivity contribution is 0.615. The maximum Gasteiger partial charge on any atom is 0.118 e. The highest BCUT2D eigenvalue weighted by molar-refractivity contribution is 5.30. The van der Waals surface area contributed by atoms with Crippen molar-refractivity contribution in [2.24, 2.45) is 0 Å². The van der Waals surface area contributed by atoms with Crippen molar-refractivity contribution in [2.45, 2.75) is 12.1 Å². The molecule has 0 bridgehead atoms. The van der Waals surface area contributed by atoms with Gasteiger partial charge in [-0.15, -0.1) is 0 Å². The lowest BCUT2D eigenvalue weighted by atomic mass is 10.1. The molecule has 2 heteroatoms. The smallest absolute Gasteiger partial charge is 0.118 e. The van der Waals surface area contributed by atoms with E-state index in [0.29, 0.717) is 6.04 Å². The highest BCUT2D eigenvalue weighted by Gasteiger charge is 2.45. The standard InChI is InChI=1S/C10H10N2/c1-12-9(7-11)10(12)8-5-3-2-4-6-8/h2-6,9-10H,1H3/t9-,10-,12?/m1/s1. The molecule has 2 nitrogen and oxygen atoms in total. The van der Waals surface area contributed by atoms with Gasteiger partial charge in [-0.2, -0.15) is 5.26 Å². The topological polar surface area (TPSA) is 26.8 Å². The Hall–Kier alpha value is -1.33.